The third-order valence-electron chi connectivity index (χ3n) is 7.91. The molecule has 1 N–H and O–H groups in total. The molecule has 0 rings (SSSR count). The molecule has 1 unspecified atom stereocenters. The number of phosphoric acid groups is 1. The quantitative estimate of drug-likeness (QED) is 0.0239. The highest BCUT2D eigenvalue weighted by Gasteiger charge is 2.24. The number of unbranched alkanes of at least 4 members (excludes halogenated alkanes) is 21. The number of hydrogen-bond acceptors (Lipinski definition) is 7. The van der Waals surface area contributed by atoms with Crippen LogP contribution in [0.4, 0.5) is 0 Å². The van der Waals surface area contributed by atoms with Gasteiger partial charge in [0.1, 0.15) is 6.61 Å². The van der Waals surface area contributed by atoms with Crippen molar-refractivity contribution < 1.29 is 37.6 Å². The van der Waals surface area contributed by atoms with Crippen LogP contribution >= 0.6 is 7.82 Å². The smallest absolute Gasteiger partial charge is 0.462 e. The van der Waals surface area contributed by atoms with Crippen LogP contribution in [0.1, 0.15) is 174 Å². The molecule has 0 fully saturated rings. The molecule has 266 valence electrons. The van der Waals surface area contributed by atoms with Gasteiger partial charge in [0, 0.05) is 20.0 Å². The zero-order chi connectivity index (χ0) is 33.3. The summed E-state index contributed by atoms with van der Waals surface area (Å²) >= 11 is 0. The highest BCUT2D eigenvalue weighted by atomic mass is 31.2. The van der Waals surface area contributed by atoms with Gasteiger partial charge in [0.05, 0.1) is 6.61 Å². The molecule has 0 saturated carbocycles. The van der Waals surface area contributed by atoms with Gasteiger partial charge in [-0.15, -0.1) is 0 Å². The molecule has 0 heterocycles. The molecule has 0 aromatic heterocycles. The largest absolute Gasteiger partial charge is 0.472 e. The molecule has 0 saturated heterocycles. The van der Waals surface area contributed by atoms with E-state index in [2.05, 4.69) is 30.5 Å². The van der Waals surface area contributed by atoms with E-state index in [1.807, 2.05) is 0 Å². The van der Waals surface area contributed by atoms with Gasteiger partial charge in [-0.3, -0.25) is 18.6 Å². The third kappa shape index (κ3) is 32.5. The predicted octanol–water partition coefficient (Wildman–Crippen LogP) is 10.8. The maximum Gasteiger partial charge on any atom is 0.472 e. The summed E-state index contributed by atoms with van der Waals surface area (Å²) in [7, 11) is -3.20. The zero-order valence-electron chi connectivity index (χ0n) is 29.0. The Morgan fingerprint density at radius 3 is 1.60 bits per heavy atom. The SMILES string of the molecule is [CH2-]CCCCCCCCCCCCC(=O)OC[C@H](COP(=O)(O)OC)OC(=O)CCCCCCC/C=C/CCCCCCCC. The number of rotatable bonds is 34. The first-order chi connectivity index (χ1) is 21.8. The first kappa shape index (κ1) is 43.8. The van der Waals surface area contributed by atoms with Gasteiger partial charge in [-0.25, -0.2) is 4.57 Å². The minimum atomic E-state index is -4.25. The summed E-state index contributed by atoms with van der Waals surface area (Å²) in [5.41, 5.74) is 0. The van der Waals surface area contributed by atoms with Crippen LogP contribution in [0.3, 0.4) is 0 Å². The molecule has 9 heteroatoms. The molecule has 0 radical (unpaired) electrons. The summed E-state index contributed by atoms with van der Waals surface area (Å²) in [6, 6.07) is 0. The van der Waals surface area contributed by atoms with Gasteiger partial charge in [-0.1, -0.05) is 128 Å². The monoisotopic (exact) mass is 659 g/mol. The number of hydrogen-bond donors (Lipinski definition) is 1. The summed E-state index contributed by atoms with van der Waals surface area (Å²) in [6.45, 7) is 5.49. The number of esters is 2. The number of carbonyl (C=O) groups is 2. The Balaban J connectivity index is 4.07. The molecule has 0 aromatic carbocycles. The lowest BCUT2D eigenvalue weighted by Gasteiger charge is -2.19. The summed E-state index contributed by atoms with van der Waals surface area (Å²) in [5, 5.41) is 0. The van der Waals surface area contributed by atoms with E-state index >= 15 is 0 Å². The Bertz CT molecular complexity index is 757. The van der Waals surface area contributed by atoms with Crippen molar-refractivity contribution in [3.05, 3.63) is 19.1 Å². The van der Waals surface area contributed by atoms with E-state index in [-0.39, 0.29) is 25.4 Å². The van der Waals surface area contributed by atoms with Crippen LogP contribution < -0.4 is 0 Å². The average Bonchev–Trinajstić information content (AvgIpc) is 3.03. The molecule has 0 bridgehead atoms. The van der Waals surface area contributed by atoms with Gasteiger partial charge in [0.25, 0.3) is 0 Å². The van der Waals surface area contributed by atoms with Crippen LogP contribution in [-0.4, -0.2) is 43.3 Å². The highest BCUT2D eigenvalue weighted by Crippen LogP contribution is 2.42. The Morgan fingerprint density at radius 2 is 1.11 bits per heavy atom. The van der Waals surface area contributed by atoms with Gasteiger partial charge < -0.3 is 21.3 Å². The topological polar surface area (TPSA) is 108 Å². The number of carbonyl (C=O) groups excluding carboxylic acids is 2. The normalized spacial score (nSPS) is 13.6. The fraction of sp³-hybridized carbons (Fsp3) is 0.861. The summed E-state index contributed by atoms with van der Waals surface area (Å²) in [4.78, 5) is 34.2. The van der Waals surface area contributed by atoms with Crippen molar-refractivity contribution in [3.8, 4) is 0 Å². The summed E-state index contributed by atoms with van der Waals surface area (Å²) in [5.74, 6) is -0.817. The van der Waals surface area contributed by atoms with E-state index in [1.54, 1.807) is 0 Å². The van der Waals surface area contributed by atoms with Crippen molar-refractivity contribution in [2.24, 2.45) is 0 Å². The minimum absolute atomic E-state index is 0.227. The molecule has 0 aliphatic carbocycles. The molecule has 0 amide bonds. The molecule has 2 atom stereocenters. The van der Waals surface area contributed by atoms with E-state index in [4.69, 9.17) is 14.0 Å². The fourth-order valence-corrected chi connectivity index (χ4v) is 5.51. The second kappa shape index (κ2) is 32.7. The molecular weight excluding hydrogens is 591 g/mol. The summed E-state index contributed by atoms with van der Waals surface area (Å²) < 4.78 is 31.8. The van der Waals surface area contributed by atoms with E-state index in [9.17, 15) is 19.0 Å². The van der Waals surface area contributed by atoms with Crippen LogP contribution in [0.15, 0.2) is 12.2 Å². The second-order valence-corrected chi connectivity index (χ2v) is 13.8. The number of ether oxygens (including phenoxy) is 2. The van der Waals surface area contributed by atoms with Gasteiger partial charge in [-0.05, 0) is 38.5 Å². The van der Waals surface area contributed by atoms with E-state index in [0.29, 0.717) is 6.42 Å². The number of phosphoric ester groups is 1. The van der Waals surface area contributed by atoms with Crippen molar-refractivity contribution in [2.45, 2.75) is 180 Å². The average molecular weight is 660 g/mol. The first-order valence-electron chi connectivity index (χ1n) is 18.2. The number of allylic oxidation sites excluding steroid dienone is 2. The summed E-state index contributed by atoms with van der Waals surface area (Å²) in [6.07, 6.45) is 32.0. The predicted molar refractivity (Wildman–Crippen MR) is 184 cm³/mol. The standard InChI is InChI=1S/C36H68O8P/c1-4-6-8-10-12-14-16-17-18-19-21-23-25-27-29-31-36(38)44-34(33-43-45(39,40)41-3)32-42-35(37)30-28-26-24-22-20-15-13-11-9-7-5-2/h17-18,34H,2,4-16,19-33H2,1,3H3,(H,39,40)/q-1/b18-17+/t34-/m1/s1. The lowest BCUT2D eigenvalue weighted by molar-refractivity contribution is -0.161. The Kier molecular flexibility index (Phi) is 31.8. The van der Waals surface area contributed by atoms with E-state index in [0.717, 1.165) is 64.9 Å². The molecule has 0 aliphatic heterocycles. The van der Waals surface area contributed by atoms with Crippen molar-refractivity contribution in [1.82, 2.24) is 0 Å². The van der Waals surface area contributed by atoms with Gasteiger partial charge in [-0.2, -0.15) is 6.42 Å². The van der Waals surface area contributed by atoms with Crippen molar-refractivity contribution in [2.75, 3.05) is 20.3 Å². The maximum atomic E-state index is 12.4. The fourth-order valence-electron chi connectivity index (χ4n) is 5.05. The zero-order valence-corrected chi connectivity index (χ0v) is 29.9. The lowest BCUT2D eigenvalue weighted by atomic mass is 10.1. The van der Waals surface area contributed by atoms with Gasteiger partial charge in [0.15, 0.2) is 6.10 Å². The van der Waals surface area contributed by atoms with E-state index < -0.39 is 26.5 Å². The van der Waals surface area contributed by atoms with Crippen LogP contribution in [0.2, 0.25) is 0 Å². The Morgan fingerprint density at radius 1 is 0.667 bits per heavy atom. The Hall–Kier alpha value is -1.21. The van der Waals surface area contributed by atoms with Gasteiger partial charge in [0.2, 0.25) is 0 Å². The van der Waals surface area contributed by atoms with E-state index in [1.165, 1.54) is 89.9 Å². The molecule has 8 nitrogen and oxygen atoms in total. The molecule has 0 aromatic rings. The molecular formula is C36H68O8P-. The maximum absolute atomic E-state index is 12.4. The van der Waals surface area contributed by atoms with Crippen LogP contribution in [0.5, 0.6) is 0 Å². The van der Waals surface area contributed by atoms with Crippen LogP contribution in [0, 0.1) is 6.92 Å². The lowest BCUT2D eigenvalue weighted by Crippen LogP contribution is -2.29. The van der Waals surface area contributed by atoms with Crippen molar-refractivity contribution >= 4 is 19.8 Å². The highest BCUT2D eigenvalue weighted by molar-refractivity contribution is 7.47. The molecule has 0 aliphatic rings. The van der Waals surface area contributed by atoms with Crippen LogP contribution in [0.25, 0.3) is 0 Å². The minimum Gasteiger partial charge on any atom is -0.462 e. The molecule has 45 heavy (non-hydrogen) atoms. The van der Waals surface area contributed by atoms with Crippen LogP contribution in [-0.2, 0) is 32.7 Å². The third-order valence-corrected chi connectivity index (χ3v) is 8.84. The first-order valence-corrected chi connectivity index (χ1v) is 19.7. The van der Waals surface area contributed by atoms with Gasteiger partial charge >= 0.3 is 19.8 Å². The second-order valence-electron chi connectivity index (χ2n) is 12.2. The van der Waals surface area contributed by atoms with Crippen molar-refractivity contribution in [1.29, 1.82) is 0 Å². The Labute approximate surface area is 276 Å². The molecule has 0 spiro atoms. The van der Waals surface area contributed by atoms with Crippen molar-refractivity contribution in [3.63, 3.8) is 0 Å².